The zero-order chi connectivity index (χ0) is 14.3. The van der Waals surface area contributed by atoms with Crippen molar-refractivity contribution in [1.82, 2.24) is 5.32 Å². The first-order valence-corrected chi connectivity index (χ1v) is 5.90. The molecule has 1 amide bonds. The van der Waals surface area contributed by atoms with Gasteiger partial charge in [0.1, 0.15) is 0 Å². The van der Waals surface area contributed by atoms with Crippen molar-refractivity contribution in [3.8, 4) is 11.5 Å². The molecule has 1 rings (SSSR count). The highest BCUT2D eigenvalue weighted by atomic mass is 16.5. The first-order valence-electron chi connectivity index (χ1n) is 5.90. The molecule has 0 bridgehead atoms. The van der Waals surface area contributed by atoms with Crippen LogP contribution in [0.1, 0.15) is 5.56 Å². The van der Waals surface area contributed by atoms with E-state index in [-0.39, 0.29) is 19.1 Å². The zero-order valence-electron chi connectivity index (χ0n) is 11.0. The van der Waals surface area contributed by atoms with Crippen LogP contribution in [0.5, 0.6) is 11.5 Å². The van der Waals surface area contributed by atoms with Crippen LogP contribution in [0.2, 0.25) is 0 Å². The second kappa shape index (κ2) is 7.60. The van der Waals surface area contributed by atoms with Gasteiger partial charge in [0, 0.05) is 6.54 Å². The summed E-state index contributed by atoms with van der Waals surface area (Å²) in [6.07, 6.45) is -0.960. The Labute approximate surface area is 112 Å². The Kier molecular flexibility index (Phi) is 6.11. The Morgan fingerprint density at radius 1 is 1.42 bits per heavy atom. The van der Waals surface area contributed by atoms with E-state index in [1.165, 1.54) is 7.11 Å². The van der Waals surface area contributed by atoms with E-state index in [1.807, 2.05) is 19.1 Å². The van der Waals surface area contributed by atoms with Crippen molar-refractivity contribution in [1.29, 1.82) is 0 Å². The highest BCUT2D eigenvalue weighted by Gasteiger charge is 2.09. The largest absolute Gasteiger partial charge is 0.493 e. The number of amides is 1. The summed E-state index contributed by atoms with van der Waals surface area (Å²) in [5, 5.41) is 20.1. The maximum Gasteiger partial charge on any atom is 0.258 e. The van der Waals surface area contributed by atoms with Gasteiger partial charge in [0.2, 0.25) is 0 Å². The van der Waals surface area contributed by atoms with Gasteiger partial charge in [0.15, 0.2) is 18.1 Å². The number of aryl methyl sites for hydroxylation is 1. The quantitative estimate of drug-likeness (QED) is 0.641. The van der Waals surface area contributed by atoms with E-state index in [0.717, 1.165) is 5.56 Å². The predicted molar refractivity (Wildman–Crippen MR) is 69.3 cm³/mol. The first kappa shape index (κ1) is 15.3. The van der Waals surface area contributed by atoms with Gasteiger partial charge < -0.3 is 25.0 Å². The maximum atomic E-state index is 11.4. The molecule has 106 valence electrons. The first-order chi connectivity index (χ1) is 9.06. The van der Waals surface area contributed by atoms with Crippen molar-refractivity contribution < 1.29 is 24.5 Å². The topological polar surface area (TPSA) is 88.0 Å². The number of ether oxygens (including phenoxy) is 2. The van der Waals surface area contributed by atoms with Gasteiger partial charge in [-0.25, -0.2) is 0 Å². The predicted octanol–water partition coefficient (Wildman–Crippen LogP) is -0.148. The summed E-state index contributed by atoms with van der Waals surface area (Å²) in [5.74, 6) is 0.657. The number of aliphatic hydroxyl groups excluding tert-OH is 2. The summed E-state index contributed by atoms with van der Waals surface area (Å²) in [6, 6.07) is 5.39. The molecular weight excluding hydrogens is 250 g/mol. The lowest BCUT2D eigenvalue weighted by molar-refractivity contribution is -0.123. The van der Waals surface area contributed by atoms with Crippen LogP contribution in [0.4, 0.5) is 0 Å². The van der Waals surface area contributed by atoms with E-state index in [0.29, 0.717) is 11.5 Å². The molecule has 0 radical (unpaired) electrons. The molecule has 0 spiro atoms. The normalized spacial score (nSPS) is 11.8. The van der Waals surface area contributed by atoms with E-state index in [2.05, 4.69) is 5.32 Å². The summed E-state index contributed by atoms with van der Waals surface area (Å²) in [6.45, 7) is 1.34. The molecule has 1 aromatic carbocycles. The Morgan fingerprint density at radius 3 is 2.79 bits per heavy atom. The van der Waals surface area contributed by atoms with E-state index in [4.69, 9.17) is 19.7 Å². The monoisotopic (exact) mass is 269 g/mol. The molecule has 1 unspecified atom stereocenters. The minimum absolute atomic E-state index is 0.0102. The second-order valence-corrected chi connectivity index (χ2v) is 4.08. The number of hydrogen-bond donors (Lipinski definition) is 3. The maximum absolute atomic E-state index is 11.4. The average molecular weight is 269 g/mol. The summed E-state index contributed by atoms with van der Waals surface area (Å²) in [7, 11) is 1.53. The molecule has 0 heterocycles. The Balaban J connectivity index is 2.46. The van der Waals surface area contributed by atoms with Crippen LogP contribution in [-0.2, 0) is 4.79 Å². The van der Waals surface area contributed by atoms with Crippen LogP contribution in [0.3, 0.4) is 0 Å². The Morgan fingerprint density at radius 2 is 2.16 bits per heavy atom. The highest BCUT2D eigenvalue weighted by Crippen LogP contribution is 2.27. The molecule has 0 aliphatic heterocycles. The lowest BCUT2D eigenvalue weighted by Crippen LogP contribution is -2.36. The van der Waals surface area contributed by atoms with Gasteiger partial charge in [-0.15, -0.1) is 0 Å². The summed E-state index contributed by atoms with van der Waals surface area (Å²) in [5.41, 5.74) is 1.03. The molecular formula is C13H19NO5. The van der Waals surface area contributed by atoms with Gasteiger partial charge in [0.05, 0.1) is 19.8 Å². The smallest absolute Gasteiger partial charge is 0.258 e. The minimum Gasteiger partial charge on any atom is -0.493 e. The van der Waals surface area contributed by atoms with Gasteiger partial charge in [0.25, 0.3) is 5.91 Å². The van der Waals surface area contributed by atoms with Gasteiger partial charge in [-0.05, 0) is 24.6 Å². The summed E-state index contributed by atoms with van der Waals surface area (Å²) < 4.78 is 10.5. The van der Waals surface area contributed by atoms with Gasteiger partial charge in [-0.2, -0.15) is 0 Å². The third-order valence-corrected chi connectivity index (χ3v) is 2.42. The molecule has 19 heavy (non-hydrogen) atoms. The third-order valence-electron chi connectivity index (χ3n) is 2.42. The molecule has 0 aromatic heterocycles. The van der Waals surface area contributed by atoms with E-state index in [1.54, 1.807) is 6.07 Å². The third kappa shape index (κ3) is 5.15. The number of nitrogens with one attached hydrogen (secondary N) is 1. The minimum atomic E-state index is -0.960. The number of carbonyl (C=O) groups excluding carboxylic acids is 1. The van der Waals surface area contributed by atoms with Crippen molar-refractivity contribution in [2.45, 2.75) is 13.0 Å². The molecule has 0 fully saturated rings. The zero-order valence-corrected chi connectivity index (χ0v) is 11.0. The van der Waals surface area contributed by atoms with Crippen molar-refractivity contribution in [2.75, 3.05) is 26.9 Å². The van der Waals surface area contributed by atoms with Gasteiger partial charge in [-0.3, -0.25) is 4.79 Å². The number of methoxy groups -OCH3 is 1. The molecule has 1 aromatic rings. The van der Waals surface area contributed by atoms with Crippen molar-refractivity contribution >= 4 is 5.91 Å². The number of carbonyl (C=O) groups is 1. The van der Waals surface area contributed by atoms with Gasteiger partial charge >= 0.3 is 0 Å². The van der Waals surface area contributed by atoms with Crippen molar-refractivity contribution in [3.05, 3.63) is 23.8 Å². The number of hydrogen-bond acceptors (Lipinski definition) is 5. The molecule has 0 saturated heterocycles. The fraction of sp³-hybridized carbons (Fsp3) is 0.462. The molecule has 6 heteroatoms. The van der Waals surface area contributed by atoms with E-state index >= 15 is 0 Å². The summed E-state index contributed by atoms with van der Waals surface area (Å²) in [4.78, 5) is 11.4. The van der Waals surface area contributed by atoms with Crippen LogP contribution in [0.25, 0.3) is 0 Å². The SMILES string of the molecule is COc1cc(C)ccc1OCC(=O)NCC(O)CO. The Hall–Kier alpha value is -1.79. The fourth-order valence-corrected chi connectivity index (χ4v) is 1.38. The highest BCUT2D eigenvalue weighted by molar-refractivity contribution is 5.77. The fourth-order valence-electron chi connectivity index (χ4n) is 1.38. The standard InChI is InChI=1S/C13H19NO5/c1-9-3-4-11(12(5-9)18-2)19-8-13(17)14-6-10(16)7-15/h3-5,10,15-16H,6-8H2,1-2H3,(H,14,17). The van der Waals surface area contributed by atoms with Gasteiger partial charge in [-0.1, -0.05) is 6.07 Å². The second-order valence-electron chi connectivity index (χ2n) is 4.08. The number of benzene rings is 1. The van der Waals surface area contributed by atoms with E-state index < -0.39 is 12.7 Å². The van der Waals surface area contributed by atoms with Crippen molar-refractivity contribution in [3.63, 3.8) is 0 Å². The molecule has 3 N–H and O–H groups in total. The number of aliphatic hydroxyl groups is 2. The summed E-state index contributed by atoms with van der Waals surface area (Å²) >= 11 is 0. The molecule has 1 atom stereocenters. The van der Waals surface area contributed by atoms with Crippen LogP contribution < -0.4 is 14.8 Å². The molecule has 6 nitrogen and oxygen atoms in total. The number of rotatable bonds is 7. The molecule has 0 saturated carbocycles. The van der Waals surface area contributed by atoms with Crippen LogP contribution in [0.15, 0.2) is 18.2 Å². The average Bonchev–Trinajstić information content (AvgIpc) is 2.43. The van der Waals surface area contributed by atoms with Crippen LogP contribution >= 0.6 is 0 Å². The Bertz CT molecular complexity index is 421. The van der Waals surface area contributed by atoms with Crippen molar-refractivity contribution in [2.24, 2.45) is 0 Å². The van der Waals surface area contributed by atoms with E-state index in [9.17, 15) is 4.79 Å². The molecule has 0 aliphatic carbocycles. The van der Waals surface area contributed by atoms with Crippen LogP contribution in [-0.4, -0.2) is 49.1 Å². The lowest BCUT2D eigenvalue weighted by Gasteiger charge is -2.12. The lowest BCUT2D eigenvalue weighted by atomic mass is 10.2. The molecule has 0 aliphatic rings. The van der Waals surface area contributed by atoms with Crippen LogP contribution in [0, 0.1) is 6.92 Å².